The van der Waals surface area contributed by atoms with Gasteiger partial charge in [0.15, 0.2) is 0 Å². The van der Waals surface area contributed by atoms with Crippen LogP contribution in [0.3, 0.4) is 0 Å². The first-order valence-electron chi connectivity index (χ1n) is 20.6. The Bertz CT molecular complexity index is 3030. The maximum absolute atomic E-state index is 3.81. The summed E-state index contributed by atoms with van der Waals surface area (Å²) in [6.07, 6.45) is -0.0237. The predicted octanol–water partition coefficient (Wildman–Crippen LogP) is 13.7. The Morgan fingerprint density at radius 2 is 0.915 bits per heavy atom. The zero-order valence-electron chi connectivity index (χ0n) is 32.5. The molecule has 2 aliphatic carbocycles. The Morgan fingerprint density at radius 3 is 1.66 bits per heavy atom. The van der Waals surface area contributed by atoms with Crippen LogP contribution in [0.4, 0.5) is 17.1 Å². The quantitative estimate of drug-likeness (QED) is 0.182. The van der Waals surface area contributed by atoms with Crippen molar-refractivity contribution < 1.29 is 0 Å². The molecule has 1 N–H and O–H groups in total. The molecule has 12 rings (SSSR count). The van der Waals surface area contributed by atoms with Crippen molar-refractivity contribution in [2.45, 2.75) is 17.0 Å². The molecule has 0 amide bonds. The lowest BCUT2D eigenvalue weighted by Gasteiger charge is -2.49. The number of rotatable bonds is 6. The molecule has 0 saturated carbocycles. The van der Waals surface area contributed by atoms with Crippen LogP contribution in [-0.4, -0.2) is 0 Å². The van der Waals surface area contributed by atoms with Crippen molar-refractivity contribution in [1.29, 1.82) is 0 Å². The van der Waals surface area contributed by atoms with E-state index in [0.29, 0.717) is 0 Å². The molecule has 3 atom stereocenters. The number of hydrogen-bond donors (Lipinski definition) is 1. The predicted molar refractivity (Wildman–Crippen MR) is 242 cm³/mol. The molecular formula is C57H40N2. The van der Waals surface area contributed by atoms with Crippen molar-refractivity contribution >= 4 is 17.1 Å². The second kappa shape index (κ2) is 13.1. The van der Waals surface area contributed by atoms with Crippen LogP contribution in [-0.2, 0) is 10.8 Å². The van der Waals surface area contributed by atoms with Gasteiger partial charge in [0.2, 0.25) is 0 Å². The zero-order chi connectivity index (χ0) is 39.0. The largest absolute Gasteiger partial charge is 0.359 e. The molecule has 9 aromatic rings. The third kappa shape index (κ3) is 4.69. The minimum atomic E-state index is -0.588. The van der Waals surface area contributed by atoms with Crippen molar-refractivity contribution in [3.63, 3.8) is 0 Å². The summed E-state index contributed by atoms with van der Waals surface area (Å²) >= 11 is 0. The van der Waals surface area contributed by atoms with Crippen molar-refractivity contribution in [2.75, 3.05) is 10.2 Å². The van der Waals surface area contributed by atoms with E-state index in [9.17, 15) is 0 Å². The summed E-state index contributed by atoms with van der Waals surface area (Å²) in [5.41, 5.74) is 19.2. The average Bonchev–Trinajstić information content (AvgIpc) is 3.86. The van der Waals surface area contributed by atoms with E-state index in [-0.39, 0.29) is 6.17 Å². The smallest absolute Gasteiger partial charge is 0.130 e. The fourth-order valence-electron chi connectivity index (χ4n) is 10.9. The molecule has 3 aliphatic rings. The van der Waals surface area contributed by atoms with Gasteiger partial charge in [0.25, 0.3) is 0 Å². The molecule has 278 valence electrons. The summed E-state index contributed by atoms with van der Waals surface area (Å²) in [7, 11) is 0. The summed E-state index contributed by atoms with van der Waals surface area (Å²) < 4.78 is 0. The molecule has 0 spiro atoms. The van der Waals surface area contributed by atoms with Gasteiger partial charge in [-0.2, -0.15) is 0 Å². The number of nitrogens with zero attached hydrogens (tertiary/aromatic N) is 1. The van der Waals surface area contributed by atoms with Crippen molar-refractivity contribution in [3.05, 3.63) is 281 Å². The van der Waals surface area contributed by atoms with Crippen LogP contribution in [0.1, 0.15) is 56.2 Å². The first kappa shape index (κ1) is 33.7. The minimum absolute atomic E-state index is 0.0237. The van der Waals surface area contributed by atoms with E-state index in [0.717, 1.165) is 11.4 Å². The highest BCUT2D eigenvalue weighted by molar-refractivity contribution is 5.92. The van der Waals surface area contributed by atoms with Crippen LogP contribution < -0.4 is 10.2 Å². The van der Waals surface area contributed by atoms with Gasteiger partial charge in [-0.15, -0.1) is 0 Å². The molecule has 3 unspecified atom stereocenters. The Hall–Kier alpha value is -7.42. The summed E-state index contributed by atoms with van der Waals surface area (Å²) in [5.74, 6) is 0. The summed E-state index contributed by atoms with van der Waals surface area (Å²) in [6.45, 7) is 0. The fourth-order valence-corrected chi connectivity index (χ4v) is 10.9. The van der Waals surface area contributed by atoms with Gasteiger partial charge in [0.1, 0.15) is 6.17 Å². The Labute approximate surface area is 345 Å². The third-order valence-corrected chi connectivity index (χ3v) is 13.2. The van der Waals surface area contributed by atoms with Crippen molar-refractivity contribution in [2.24, 2.45) is 0 Å². The van der Waals surface area contributed by atoms with Gasteiger partial charge >= 0.3 is 0 Å². The average molecular weight is 753 g/mol. The summed E-state index contributed by atoms with van der Waals surface area (Å²) in [4.78, 5) is 2.40. The molecule has 2 heteroatoms. The SMILES string of the molecule is c1ccc(N2c3ccccc3NC2c2ccc(-c3cccc(C4(c5ccccc5)c5ccccc5C5(c6ccccc6)c6ccccc6-c6cccc4c65)c3)cc2)cc1. The van der Waals surface area contributed by atoms with Gasteiger partial charge in [0.05, 0.1) is 22.2 Å². The van der Waals surface area contributed by atoms with E-state index in [1.54, 1.807) is 0 Å². The van der Waals surface area contributed by atoms with Crippen LogP contribution in [0, 0.1) is 0 Å². The molecule has 1 aliphatic heterocycles. The van der Waals surface area contributed by atoms with Gasteiger partial charge in [-0.1, -0.05) is 200 Å². The molecule has 59 heavy (non-hydrogen) atoms. The first-order chi connectivity index (χ1) is 29.3. The molecule has 0 fully saturated rings. The Balaban J connectivity index is 1.05. The number of anilines is 3. The monoisotopic (exact) mass is 752 g/mol. The number of nitrogens with one attached hydrogen (secondary N) is 1. The summed E-state index contributed by atoms with van der Waals surface area (Å²) in [6, 6.07) is 85.6. The van der Waals surface area contributed by atoms with E-state index in [1.165, 1.54) is 78.0 Å². The van der Waals surface area contributed by atoms with Crippen molar-refractivity contribution in [3.8, 4) is 22.3 Å². The van der Waals surface area contributed by atoms with Gasteiger partial charge < -0.3 is 10.2 Å². The number of fused-ring (bicyclic) bond motifs is 6. The highest BCUT2D eigenvalue weighted by atomic mass is 15.3. The molecule has 9 aromatic carbocycles. The van der Waals surface area contributed by atoms with Crippen LogP contribution in [0.2, 0.25) is 0 Å². The molecule has 0 bridgehead atoms. The molecule has 2 nitrogen and oxygen atoms in total. The topological polar surface area (TPSA) is 15.3 Å². The molecule has 0 radical (unpaired) electrons. The lowest BCUT2D eigenvalue weighted by Crippen LogP contribution is -2.44. The van der Waals surface area contributed by atoms with E-state index >= 15 is 0 Å². The first-order valence-corrected chi connectivity index (χ1v) is 20.6. The normalized spacial score (nSPS) is 19.3. The fraction of sp³-hybridized carbons (Fsp3) is 0.0526. The van der Waals surface area contributed by atoms with Crippen molar-refractivity contribution in [1.82, 2.24) is 0 Å². The Morgan fingerprint density at radius 1 is 0.373 bits per heavy atom. The maximum atomic E-state index is 3.81. The molecule has 0 saturated heterocycles. The van der Waals surface area contributed by atoms with Crippen LogP contribution in [0.5, 0.6) is 0 Å². The zero-order valence-corrected chi connectivity index (χ0v) is 32.5. The molecular weight excluding hydrogens is 713 g/mol. The lowest BCUT2D eigenvalue weighted by atomic mass is 9.51. The Kier molecular flexibility index (Phi) is 7.46. The van der Waals surface area contributed by atoms with Gasteiger partial charge in [-0.05, 0) is 103 Å². The van der Waals surface area contributed by atoms with E-state index < -0.39 is 10.8 Å². The van der Waals surface area contributed by atoms with E-state index in [2.05, 4.69) is 241 Å². The van der Waals surface area contributed by atoms with E-state index in [4.69, 9.17) is 0 Å². The number of benzene rings is 9. The maximum Gasteiger partial charge on any atom is 0.130 e. The lowest BCUT2D eigenvalue weighted by molar-refractivity contribution is 0.627. The van der Waals surface area contributed by atoms with Crippen LogP contribution in [0.15, 0.2) is 231 Å². The van der Waals surface area contributed by atoms with Gasteiger partial charge in [-0.3, -0.25) is 0 Å². The van der Waals surface area contributed by atoms with Gasteiger partial charge in [-0.25, -0.2) is 0 Å². The minimum Gasteiger partial charge on any atom is -0.359 e. The summed E-state index contributed by atoms with van der Waals surface area (Å²) in [5, 5.41) is 3.81. The van der Waals surface area contributed by atoms with Crippen LogP contribution in [0.25, 0.3) is 22.3 Å². The third-order valence-electron chi connectivity index (χ3n) is 13.2. The van der Waals surface area contributed by atoms with Gasteiger partial charge in [0, 0.05) is 5.69 Å². The van der Waals surface area contributed by atoms with Crippen LogP contribution >= 0.6 is 0 Å². The van der Waals surface area contributed by atoms with E-state index in [1.807, 2.05) is 0 Å². The highest BCUT2D eigenvalue weighted by Crippen LogP contribution is 2.65. The standard InChI is InChI=1S/C57H40N2/c1-4-19-42(20-5-1)56(49-29-12-13-30-50(49)57(43-21-6-2-7-22-43)48-28-11-10-26-46(48)47-27-17-31-51(56)54(47)57)44-23-16-18-41(38-44)39-34-36-40(37-35-39)55-58-52-32-14-15-33-53(52)59(55)45-24-8-3-9-25-45/h1-38,55,58H. The highest BCUT2D eigenvalue weighted by Gasteiger charge is 2.57. The second-order valence-corrected chi connectivity index (χ2v) is 16.0. The number of para-hydroxylation sites is 3. The second-order valence-electron chi connectivity index (χ2n) is 16.0. The molecule has 0 aromatic heterocycles. The number of hydrogen-bond acceptors (Lipinski definition) is 2. The molecule has 1 heterocycles.